The number of carbonyl (C=O) groups is 2. The topological polar surface area (TPSA) is 84.2 Å². The van der Waals surface area contributed by atoms with Gasteiger partial charge < -0.3 is 16.4 Å². The molecular formula is C17H25Cl2N3O2. The lowest BCUT2D eigenvalue weighted by atomic mass is 9.99. The largest absolute Gasteiger partial charge is 0.350 e. The maximum Gasteiger partial charge on any atom is 0.253 e. The highest BCUT2D eigenvalue weighted by molar-refractivity contribution is 6.31. The second kappa shape index (κ2) is 9.25. The summed E-state index contributed by atoms with van der Waals surface area (Å²) in [5.74, 6) is -0.153. The van der Waals surface area contributed by atoms with Crippen molar-refractivity contribution in [2.75, 3.05) is 5.32 Å². The van der Waals surface area contributed by atoms with Gasteiger partial charge in [0.05, 0.1) is 11.3 Å². The van der Waals surface area contributed by atoms with Crippen LogP contribution in [0.15, 0.2) is 18.2 Å². The van der Waals surface area contributed by atoms with Crippen LogP contribution in [-0.4, -0.2) is 23.9 Å². The monoisotopic (exact) mass is 373 g/mol. The van der Waals surface area contributed by atoms with Crippen molar-refractivity contribution in [3.05, 3.63) is 28.8 Å². The number of anilines is 1. The van der Waals surface area contributed by atoms with E-state index in [4.69, 9.17) is 17.3 Å². The molecule has 0 heterocycles. The highest BCUT2D eigenvalue weighted by Gasteiger charge is 2.26. The fourth-order valence-corrected chi connectivity index (χ4v) is 3.09. The zero-order valence-electron chi connectivity index (χ0n) is 14.0. The van der Waals surface area contributed by atoms with Crippen molar-refractivity contribution in [2.45, 2.75) is 51.6 Å². The summed E-state index contributed by atoms with van der Waals surface area (Å²) in [6, 6.07) is 4.96. The molecule has 0 aliphatic heterocycles. The molecule has 5 nitrogen and oxygen atoms in total. The van der Waals surface area contributed by atoms with E-state index in [1.807, 2.05) is 13.8 Å². The molecule has 1 aliphatic rings. The average Bonchev–Trinajstić information content (AvgIpc) is 2.83. The van der Waals surface area contributed by atoms with E-state index in [0.717, 1.165) is 19.3 Å². The maximum absolute atomic E-state index is 12.3. The first kappa shape index (κ1) is 20.7. The number of carbonyl (C=O) groups excluding carboxylic acids is 2. The Morgan fingerprint density at radius 3 is 2.62 bits per heavy atom. The second-order valence-electron chi connectivity index (χ2n) is 6.43. The second-order valence-corrected chi connectivity index (χ2v) is 6.86. The van der Waals surface area contributed by atoms with Crippen LogP contribution < -0.4 is 16.4 Å². The molecule has 7 heteroatoms. The van der Waals surface area contributed by atoms with Gasteiger partial charge >= 0.3 is 0 Å². The number of nitrogens with one attached hydrogen (secondary N) is 2. The Hall–Kier alpha value is -1.30. The Balaban J connectivity index is 0.00000288. The number of hydrogen-bond donors (Lipinski definition) is 3. The molecule has 1 aromatic carbocycles. The van der Waals surface area contributed by atoms with Gasteiger partial charge in [-0.25, -0.2) is 0 Å². The highest BCUT2D eigenvalue weighted by atomic mass is 35.5. The van der Waals surface area contributed by atoms with E-state index in [1.165, 1.54) is 0 Å². The summed E-state index contributed by atoms with van der Waals surface area (Å²) < 4.78 is 0. The normalized spacial score (nSPS) is 19.7. The molecule has 4 N–H and O–H groups in total. The van der Waals surface area contributed by atoms with Crippen LogP contribution in [0.4, 0.5) is 5.69 Å². The fraction of sp³-hybridized carbons (Fsp3) is 0.529. The zero-order valence-corrected chi connectivity index (χ0v) is 15.5. The summed E-state index contributed by atoms with van der Waals surface area (Å²) in [5.41, 5.74) is 6.86. The predicted molar refractivity (Wildman–Crippen MR) is 99.9 cm³/mol. The van der Waals surface area contributed by atoms with Crippen molar-refractivity contribution in [3.63, 3.8) is 0 Å². The van der Waals surface area contributed by atoms with Crippen molar-refractivity contribution < 1.29 is 9.59 Å². The molecule has 0 bridgehead atoms. The van der Waals surface area contributed by atoms with Gasteiger partial charge in [0, 0.05) is 23.5 Å². The van der Waals surface area contributed by atoms with Crippen LogP contribution in [0.5, 0.6) is 0 Å². The van der Waals surface area contributed by atoms with Crippen LogP contribution in [0.1, 0.15) is 49.9 Å². The van der Waals surface area contributed by atoms with Crippen molar-refractivity contribution in [3.8, 4) is 0 Å². The molecule has 0 saturated heterocycles. The minimum atomic E-state index is -0.232. The predicted octanol–water partition coefficient (Wildman–Crippen LogP) is 3.36. The molecule has 2 rings (SSSR count). The van der Waals surface area contributed by atoms with Gasteiger partial charge in [-0.1, -0.05) is 18.0 Å². The minimum Gasteiger partial charge on any atom is -0.350 e. The summed E-state index contributed by atoms with van der Waals surface area (Å²) in [7, 11) is 0. The summed E-state index contributed by atoms with van der Waals surface area (Å²) >= 11 is 6.00. The average molecular weight is 374 g/mol. The molecular weight excluding hydrogens is 349 g/mol. The SMILES string of the molecule is CC(C)NC(=O)c1ccc(Cl)cc1NC(=O)C[C@@H]1CCC[C@H]1N.Cl. The Kier molecular flexibility index (Phi) is 8.00. The number of rotatable bonds is 5. The molecule has 1 aliphatic carbocycles. The summed E-state index contributed by atoms with van der Waals surface area (Å²) in [6.07, 6.45) is 3.39. The summed E-state index contributed by atoms with van der Waals surface area (Å²) in [5, 5.41) is 6.10. The Morgan fingerprint density at radius 1 is 1.33 bits per heavy atom. The molecule has 2 amide bonds. The van der Waals surface area contributed by atoms with Crippen molar-refractivity contribution in [1.82, 2.24) is 5.32 Å². The number of amides is 2. The van der Waals surface area contributed by atoms with Gasteiger partial charge in [-0.3, -0.25) is 9.59 Å². The van der Waals surface area contributed by atoms with E-state index >= 15 is 0 Å². The number of benzene rings is 1. The van der Waals surface area contributed by atoms with Gasteiger partial charge in [-0.2, -0.15) is 0 Å². The Morgan fingerprint density at radius 2 is 2.04 bits per heavy atom. The summed E-state index contributed by atoms with van der Waals surface area (Å²) in [6.45, 7) is 3.76. The smallest absolute Gasteiger partial charge is 0.253 e. The van der Waals surface area contributed by atoms with Crippen molar-refractivity contribution in [1.29, 1.82) is 0 Å². The molecule has 2 atom stereocenters. The standard InChI is InChI=1S/C17H24ClN3O2.ClH/c1-10(2)20-17(23)13-7-6-12(18)9-15(13)21-16(22)8-11-4-3-5-14(11)19;/h6-7,9-11,14H,3-5,8,19H2,1-2H3,(H,20,23)(H,21,22);1H/t11-,14+;/m0./s1. The van der Waals surface area contributed by atoms with Crippen LogP contribution in [-0.2, 0) is 4.79 Å². The van der Waals surface area contributed by atoms with Crippen LogP contribution in [0, 0.1) is 5.92 Å². The Labute approximate surface area is 154 Å². The van der Waals surface area contributed by atoms with E-state index in [9.17, 15) is 9.59 Å². The molecule has 1 saturated carbocycles. The number of hydrogen-bond acceptors (Lipinski definition) is 3. The first-order valence-corrected chi connectivity index (χ1v) is 8.40. The molecule has 134 valence electrons. The van der Waals surface area contributed by atoms with Crippen LogP contribution >= 0.6 is 24.0 Å². The lowest BCUT2D eigenvalue weighted by Crippen LogP contribution is -2.31. The highest BCUT2D eigenvalue weighted by Crippen LogP contribution is 2.28. The molecule has 24 heavy (non-hydrogen) atoms. The first-order chi connectivity index (χ1) is 10.9. The van der Waals surface area contributed by atoms with E-state index < -0.39 is 0 Å². The third-order valence-electron chi connectivity index (χ3n) is 4.09. The van der Waals surface area contributed by atoms with Gasteiger partial charge in [-0.15, -0.1) is 12.4 Å². The van der Waals surface area contributed by atoms with E-state index in [-0.39, 0.29) is 42.2 Å². The molecule has 0 unspecified atom stereocenters. The number of halogens is 2. The van der Waals surface area contributed by atoms with Crippen molar-refractivity contribution >= 4 is 41.5 Å². The van der Waals surface area contributed by atoms with Crippen LogP contribution in [0.2, 0.25) is 5.02 Å². The van der Waals surface area contributed by atoms with Gasteiger partial charge in [0.2, 0.25) is 5.91 Å². The maximum atomic E-state index is 12.3. The third kappa shape index (κ3) is 5.65. The summed E-state index contributed by atoms with van der Waals surface area (Å²) in [4.78, 5) is 24.5. The van der Waals surface area contributed by atoms with Gasteiger partial charge in [0.25, 0.3) is 5.91 Å². The quantitative estimate of drug-likeness (QED) is 0.739. The lowest BCUT2D eigenvalue weighted by molar-refractivity contribution is -0.117. The molecule has 0 aromatic heterocycles. The van der Waals surface area contributed by atoms with Gasteiger partial charge in [0.1, 0.15) is 0 Å². The minimum absolute atomic E-state index is 0. The van der Waals surface area contributed by atoms with Gasteiger partial charge in [-0.05, 0) is 50.8 Å². The van der Waals surface area contributed by atoms with E-state index in [2.05, 4.69) is 10.6 Å². The molecule has 0 radical (unpaired) electrons. The zero-order chi connectivity index (χ0) is 17.0. The van der Waals surface area contributed by atoms with Gasteiger partial charge in [0.15, 0.2) is 0 Å². The number of nitrogens with two attached hydrogens (primary N) is 1. The first-order valence-electron chi connectivity index (χ1n) is 8.02. The fourth-order valence-electron chi connectivity index (χ4n) is 2.92. The van der Waals surface area contributed by atoms with Crippen LogP contribution in [0.3, 0.4) is 0 Å². The molecule has 0 spiro atoms. The van der Waals surface area contributed by atoms with E-state index in [0.29, 0.717) is 22.7 Å². The van der Waals surface area contributed by atoms with E-state index in [1.54, 1.807) is 18.2 Å². The van der Waals surface area contributed by atoms with Crippen molar-refractivity contribution in [2.24, 2.45) is 11.7 Å². The molecule has 1 fully saturated rings. The Bertz CT molecular complexity index is 593. The van der Waals surface area contributed by atoms with Crippen LogP contribution in [0.25, 0.3) is 0 Å². The lowest BCUT2D eigenvalue weighted by Gasteiger charge is -2.17. The molecule has 1 aromatic rings. The third-order valence-corrected chi connectivity index (χ3v) is 4.32.